The molecular weight excluding hydrogens is 370 g/mol. The molecule has 2 N–H and O–H groups in total. The standard InChI is InChI=1S/C22H25N3O2S/c1-5-6-19(26)25-21(28)23-16-11-12-18-17(13-16)24-20(27-18)14-7-9-15(10-8-14)22(2,3)4/h7-13H,5-6H2,1-4H3,(H2,23,25,26,28). The van der Waals surface area contributed by atoms with Crippen LogP contribution >= 0.6 is 12.2 Å². The Balaban J connectivity index is 1.77. The number of thiocarbonyl (C=S) groups is 1. The molecule has 2 aromatic carbocycles. The van der Waals surface area contributed by atoms with Crippen molar-refractivity contribution in [2.75, 3.05) is 5.32 Å². The zero-order valence-corrected chi connectivity index (χ0v) is 17.4. The van der Waals surface area contributed by atoms with Crippen LogP contribution in [0.3, 0.4) is 0 Å². The Labute approximate surface area is 170 Å². The highest BCUT2D eigenvalue weighted by Gasteiger charge is 2.15. The van der Waals surface area contributed by atoms with E-state index in [2.05, 4.69) is 48.5 Å². The normalized spacial score (nSPS) is 11.4. The van der Waals surface area contributed by atoms with E-state index in [1.807, 2.05) is 37.3 Å². The van der Waals surface area contributed by atoms with E-state index in [-0.39, 0.29) is 16.4 Å². The van der Waals surface area contributed by atoms with E-state index in [4.69, 9.17) is 16.6 Å². The number of hydrogen-bond donors (Lipinski definition) is 2. The molecular formula is C22H25N3O2S. The van der Waals surface area contributed by atoms with E-state index in [0.717, 1.165) is 23.2 Å². The van der Waals surface area contributed by atoms with Crippen LogP contribution in [0.4, 0.5) is 5.69 Å². The lowest BCUT2D eigenvalue weighted by Gasteiger charge is -2.18. The van der Waals surface area contributed by atoms with Gasteiger partial charge in [0.1, 0.15) is 5.52 Å². The Morgan fingerprint density at radius 1 is 1.14 bits per heavy atom. The van der Waals surface area contributed by atoms with E-state index in [1.54, 1.807) is 0 Å². The van der Waals surface area contributed by atoms with Gasteiger partial charge in [0.15, 0.2) is 10.7 Å². The summed E-state index contributed by atoms with van der Waals surface area (Å²) in [5, 5.41) is 5.95. The molecule has 0 saturated heterocycles. The SMILES string of the molecule is CCCC(=O)NC(=S)Nc1ccc2oc(-c3ccc(C(C)(C)C)cc3)nc2c1. The van der Waals surface area contributed by atoms with Gasteiger partial charge in [0, 0.05) is 17.7 Å². The molecule has 3 aromatic rings. The first kappa shape index (κ1) is 20.0. The van der Waals surface area contributed by atoms with Crippen LogP contribution in [-0.2, 0) is 10.2 Å². The Bertz CT molecular complexity index is 1000. The average Bonchev–Trinajstić information content (AvgIpc) is 3.04. The molecule has 0 aliphatic carbocycles. The zero-order chi connectivity index (χ0) is 20.3. The molecule has 1 aromatic heterocycles. The van der Waals surface area contributed by atoms with Crippen molar-refractivity contribution < 1.29 is 9.21 Å². The molecule has 5 nitrogen and oxygen atoms in total. The second-order valence-electron chi connectivity index (χ2n) is 7.78. The van der Waals surface area contributed by atoms with E-state index >= 15 is 0 Å². The van der Waals surface area contributed by atoms with Gasteiger partial charge >= 0.3 is 0 Å². The highest BCUT2D eigenvalue weighted by molar-refractivity contribution is 7.80. The fourth-order valence-corrected chi connectivity index (χ4v) is 3.05. The third-order valence-corrected chi connectivity index (χ3v) is 4.58. The lowest BCUT2D eigenvalue weighted by atomic mass is 9.87. The van der Waals surface area contributed by atoms with Crippen LogP contribution in [0.2, 0.25) is 0 Å². The van der Waals surface area contributed by atoms with E-state index in [0.29, 0.717) is 17.9 Å². The zero-order valence-electron chi connectivity index (χ0n) is 16.6. The number of benzene rings is 2. The van der Waals surface area contributed by atoms with Crippen LogP contribution in [0.25, 0.3) is 22.6 Å². The van der Waals surface area contributed by atoms with Gasteiger partial charge in [-0.3, -0.25) is 4.79 Å². The number of amides is 1. The Hall–Kier alpha value is -2.73. The minimum absolute atomic E-state index is 0.0940. The number of hydrogen-bond acceptors (Lipinski definition) is 4. The first-order chi connectivity index (χ1) is 13.3. The van der Waals surface area contributed by atoms with Crippen molar-refractivity contribution >= 4 is 40.0 Å². The van der Waals surface area contributed by atoms with Gasteiger partial charge < -0.3 is 15.1 Å². The molecule has 0 atom stereocenters. The third kappa shape index (κ3) is 4.75. The van der Waals surface area contributed by atoms with Gasteiger partial charge in [-0.2, -0.15) is 0 Å². The number of nitrogens with zero attached hydrogens (tertiary/aromatic N) is 1. The summed E-state index contributed by atoms with van der Waals surface area (Å²) in [6, 6.07) is 13.8. The van der Waals surface area contributed by atoms with Crippen LogP contribution in [0, 0.1) is 0 Å². The van der Waals surface area contributed by atoms with Crippen LogP contribution < -0.4 is 10.6 Å². The number of aromatic nitrogens is 1. The maximum atomic E-state index is 11.6. The van der Waals surface area contributed by atoms with E-state index in [1.165, 1.54) is 5.56 Å². The van der Waals surface area contributed by atoms with E-state index < -0.39 is 0 Å². The Morgan fingerprint density at radius 3 is 2.50 bits per heavy atom. The number of anilines is 1. The number of carbonyl (C=O) groups excluding carboxylic acids is 1. The van der Waals surface area contributed by atoms with E-state index in [9.17, 15) is 4.79 Å². The van der Waals surface area contributed by atoms with Crippen molar-refractivity contribution in [3.63, 3.8) is 0 Å². The summed E-state index contributed by atoms with van der Waals surface area (Å²) in [7, 11) is 0. The lowest BCUT2D eigenvalue weighted by Crippen LogP contribution is -2.33. The largest absolute Gasteiger partial charge is 0.436 e. The smallest absolute Gasteiger partial charge is 0.227 e. The van der Waals surface area contributed by atoms with Crippen molar-refractivity contribution in [2.24, 2.45) is 0 Å². The average molecular weight is 396 g/mol. The summed E-state index contributed by atoms with van der Waals surface area (Å²) in [6.07, 6.45) is 1.22. The van der Waals surface area contributed by atoms with Gasteiger partial charge in [-0.15, -0.1) is 0 Å². The molecule has 0 spiro atoms. The lowest BCUT2D eigenvalue weighted by molar-refractivity contribution is -0.119. The summed E-state index contributed by atoms with van der Waals surface area (Å²) in [5.74, 6) is 0.481. The van der Waals surface area contributed by atoms with Gasteiger partial charge in [-0.05, 0) is 59.9 Å². The molecule has 0 fully saturated rings. The molecule has 28 heavy (non-hydrogen) atoms. The van der Waals surface area contributed by atoms with Crippen LogP contribution in [0.5, 0.6) is 0 Å². The summed E-state index contributed by atoms with van der Waals surface area (Å²) >= 11 is 5.19. The van der Waals surface area contributed by atoms with Crippen molar-refractivity contribution in [3.8, 4) is 11.5 Å². The van der Waals surface area contributed by atoms with Crippen LogP contribution in [0.1, 0.15) is 46.1 Å². The first-order valence-electron chi connectivity index (χ1n) is 9.38. The molecule has 0 unspecified atom stereocenters. The third-order valence-electron chi connectivity index (χ3n) is 4.37. The maximum Gasteiger partial charge on any atom is 0.227 e. The molecule has 146 valence electrons. The summed E-state index contributed by atoms with van der Waals surface area (Å²) < 4.78 is 5.89. The minimum Gasteiger partial charge on any atom is -0.436 e. The predicted molar refractivity (Wildman–Crippen MR) is 117 cm³/mol. The number of oxazole rings is 1. The monoisotopic (exact) mass is 395 g/mol. The highest BCUT2D eigenvalue weighted by Crippen LogP contribution is 2.29. The van der Waals surface area contributed by atoms with Crippen molar-refractivity contribution in [1.82, 2.24) is 10.3 Å². The number of nitrogens with one attached hydrogen (secondary N) is 2. The summed E-state index contributed by atoms with van der Waals surface area (Å²) in [4.78, 5) is 16.2. The second-order valence-corrected chi connectivity index (χ2v) is 8.19. The van der Waals surface area contributed by atoms with Crippen molar-refractivity contribution in [2.45, 2.75) is 46.0 Å². The summed E-state index contributed by atoms with van der Waals surface area (Å²) in [5.41, 5.74) is 4.46. The fraction of sp³-hybridized carbons (Fsp3) is 0.318. The second kappa shape index (κ2) is 8.10. The molecule has 0 bridgehead atoms. The molecule has 0 aliphatic heterocycles. The van der Waals surface area contributed by atoms with Crippen LogP contribution in [0.15, 0.2) is 46.9 Å². The summed E-state index contributed by atoms with van der Waals surface area (Å²) in [6.45, 7) is 8.50. The Kier molecular flexibility index (Phi) is 5.79. The highest BCUT2D eigenvalue weighted by atomic mass is 32.1. The maximum absolute atomic E-state index is 11.6. The van der Waals surface area contributed by atoms with Gasteiger partial charge in [0.05, 0.1) is 0 Å². The number of carbonyl (C=O) groups is 1. The van der Waals surface area contributed by atoms with Crippen molar-refractivity contribution in [3.05, 3.63) is 48.0 Å². The molecule has 0 aliphatic rings. The fourth-order valence-electron chi connectivity index (χ4n) is 2.82. The van der Waals surface area contributed by atoms with Crippen molar-refractivity contribution in [1.29, 1.82) is 0 Å². The molecule has 0 radical (unpaired) electrons. The first-order valence-corrected chi connectivity index (χ1v) is 9.79. The molecule has 1 heterocycles. The molecule has 1 amide bonds. The molecule has 6 heteroatoms. The quantitative estimate of drug-likeness (QED) is 0.579. The molecule has 3 rings (SSSR count). The minimum atomic E-state index is -0.0940. The number of rotatable bonds is 4. The van der Waals surface area contributed by atoms with Crippen LogP contribution in [-0.4, -0.2) is 16.0 Å². The predicted octanol–water partition coefficient (Wildman–Crippen LogP) is 5.41. The topological polar surface area (TPSA) is 67.2 Å². The Morgan fingerprint density at radius 2 is 1.86 bits per heavy atom. The van der Waals surface area contributed by atoms with Gasteiger partial charge in [0.2, 0.25) is 11.8 Å². The van der Waals surface area contributed by atoms with Gasteiger partial charge in [0.25, 0.3) is 0 Å². The van der Waals surface area contributed by atoms with Gasteiger partial charge in [-0.1, -0.05) is 39.8 Å². The van der Waals surface area contributed by atoms with Gasteiger partial charge in [-0.25, -0.2) is 4.98 Å². The molecule has 0 saturated carbocycles. The number of fused-ring (bicyclic) bond motifs is 1.